The molecule has 4 heteroatoms. The third-order valence-corrected chi connectivity index (χ3v) is 1.91. The van der Waals surface area contributed by atoms with E-state index in [-0.39, 0.29) is 5.78 Å². The van der Waals surface area contributed by atoms with Crippen LogP contribution in [0.4, 0.5) is 0 Å². The summed E-state index contributed by atoms with van der Waals surface area (Å²) in [7, 11) is 1.50. The zero-order valence-corrected chi connectivity index (χ0v) is 8.71. The van der Waals surface area contributed by atoms with Crippen molar-refractivity contribution >= 4 is 23.5 Å². The predicted molar refractivity (Wildman–Crippen MR) is 55.5 cm³/mol. The van der Waals surface area contributed by atoms with Gasteiger partial charge in [0, 0.05) is 6.20 Å². The normalized spacial score (nSPS) is 10.5. The number of aromatic nitrogens is 1. The Hall–Kier alpha value is -1.35. The molecular weight excluding hydrogens is 202 g/mol. The summed E-state index contributed by atoms with van der Waals surface area (Å²) in [4.78, 5) is 14.7. The Bertz CT molecular complexity index is 374. The smallest absolute Gasteiger partial charge is 0.221 e. The van der Waals surface area contributed by atoms with Crippen LogP contribution in [0.1, 0.15) is 12.5 Å². The number of ketones is 1. The average molecular weight is 212 g/mol. The summed E-state index contributed by atoms with van der Waals surface area (Å²) in [5.41, 5.74) is 0.617. The topological polar surface area (TPSA) is 39.2 Å². The van der Waals surface area contributed by atoms with Gasteiger partial charge in [-0.25, -0.2) is 4.98 Å². The first-order valence-corrected chi connectivity index (χ1v) is 4.40. The second-order valence-electron chi connectivity index (χ2n) is 2.66. The van der Waals surface area contributed by atoms with Crippen molar-refractivity contribution in [3.63, 3.8) is 0 Å². The summed E-state index contributed by atoms with van der Waals surface area (Å²) >= 11 is 5.91. The van der Waals surface area contributed by atoms with Gasteiger partial charge in [0.15, 0.2) is 5.78 Å². The van der Waals surface area contributed by atoms with E-state index in [1.54, 1.807) is 18.3 Å². The Morgan fingerprint density at radius 3 is 2.93 bits per heavy atom. The van der Waals surface area contributed by atoms with Gasteiger partial charge in [0.25, 0.3) is 0 Å². The van der Waals surface area contributed by atoms with E-state index in [9.17, 15) is 4.79 Å². The summed E-state index contributed by atoms with van der Waals surface area (Å²) in [6, 6.07) is 1.64. The number of pyridine rings is 1. The lowest BCUT2D eigenvalue weighted by atomic mass is 10.2. The largest absolute Gasteiger partial charge is 0.481 e. The lowest BCUT2D eigenvalue weighted by Gasteiger charge is -2.03. The molecule has 1 rings (SSSR count). The van der Waals surface area contributed by atoms with Gasteiger partial charge in [-0.05, 0) is 25.1 Å². The van der Waals surface area contributed by atoms with Crippen LogP contribution in [0, 0.1) is 0 Å². The Morgan fingerprint density at radius 1 is 1.64 bits per heavy atom. The number of ether oxygens (including phenoxy) is 1. The van der Waals surface area contributed by atoms with Crippen molar-refractivity contribution in [1.82, 2.24) is 4.98 Å². The van der Waals surface area contributed by atoms with Crippen LogP contribution >= 0.6 is 11.6 Å². The maximum absolute atomic E-state index is 10.7. The van der Waals surface area contributed by atoms with Gasteiger partial charge in [-0.1, -0.05) is 11.6 Å². The summed E-state index contributed by atoms with van der Waals surface area (Å²) in [6.07, 6.45) is 4.56. The average Bonchev–Trinajstić information content (AvgIpc) is 2.15. The van der Waals surface area contributed by atoms with Crippen LogP contribution < -0.4 is 4.74 Å². The van der Waals surface area contributed by atoms with Crippen molar-refractivity contribution in [2.75, 3.05) is 7.11 Å². The SMILES string of the molecule is COc1nccc(Cl)c1/C=C/C(C)=O. The van der Waals surface area contributed by atoms with Gasteiger partial charge in [0.05, 0.1) is 17.7 Å². The molecule has 0 aliphatic rings. The second kappa shape index (κ2) is 4.77. The summed E-state index contributed by atoms with van der Waals surface area (Å²) in [6.45, 7) is 1.47. The molecule has 0 bridgehead atoms. The van der Waals surface area contributed by atoms with Crippen LogP contribution in [0.2, 0.25) is 5.02 Å². The predicted octanol–water partition coefficient (Wildman–Crippen LogP) is 2.35. The highest BCUT2D eigenvalue weighted by molar-refractivity contribution is 6.32. The fraction of sp³-hybridized carbons (Fsp3) is 0.200. The molecule has 3 nitrogen and oxygen atoms in total. The minimum atomic E-state index is -0.0491. The molecule has 1 aromatic rings. The van der Waals surface area contributed by atoms with Gasteiger partial charge in [-0.3, -0.25) is 4.79 Å². The second-order valence-corrected chi connectivity index (χ2v) is 3.07. The van der Waals surface area contributed by atoms with Gasteiger partial charge < -0.3 is 4.74 Å². The van der Waals surface area contributed by atoms with Crippen molar-refractivity contribution in [3.05, 3.63) is 28.9 Å². The van der Waals surface area contributed by atoms with E-state index < -0.39 is 0 Å². The van der Waals surface area contributed by atoms with Crippen LogP contribution in [0.3, 0.4) is 0 Å². The minimum Gasteiger partial charge on any atom is -0.481 e. The molecule has 1 aromatic heterocycles. The maximum Gasteiger partial charge on any atom is 0.221 e. The van der Waals surface area contributed by atoms with Crippen molar-refractivity contribution in [1.29, 1.82) is 0 Å². The molecule has 0 amide bonds. The molecule has 0 atom stereocenters. The molecule has 0 aliphatic heterocycles. The molecule has 0 N–H and O–H groups in total. The van der Waals surface area contributed by atoms with Gasteiger partial charge in [-0.2, -0.15) is 0 Å². The number of hydrogen-bond donors (Lipinski definition) is 0. The van der Waals surface area contributed by atoms with E-state index in [0.29, 0.717) is 16.5 Å². The lowest BCUT2D eigenvalue weighted by molar-refractivity contribution is -0.112. The van der Waals surface area contributed by atoms with Crippen LogP contribution in [-0.4, -0.2) is 17.9 Å². The third kappa shape index (κ3) is 2.57. The number of methoxy groups -OCH3 is 1. The molecule has 1 heterocycles. The fourth-order valence-corrected chi connectivity index (χ4v) is 1.15. The molecule has 74 valence electrons. The third-order valence-electron chi connectivity index (χ3n) is 1.58. The van der Waals surface area contributed by atoms with E-state index in [1.807, 2.05) is 0 Å². The van der Waals surface area contributed by atoms with Crippen molar-refractivity contribution in [2.45, 2.75) is 6.92 Å². The monoisotopic (exact) mass is 211 g/mol. The van der Waals surface area contributed by atoms with Crippen LogP contribution in [0.25, 0.3) is 6.08 Å². The van der Waals surface area contributed by atoms with Crippen LogP contribution in [0.15, 0.2) is 18.3 Å². The molecular formula is C10H10ClNO2. The Kier molecular flexibility index (Phi) is 3.65. The first-order valence-electron chi connectivity index (χ1n) is 4.02. The minimum absolute atomic E-state index is 0.0491. The van der Waals surface area contributed by atoms with Gasteiger partial charge in [0.2, 0.25) is 5.88 Å². The van der Waals surface area contributed by atoms with E-state index in [0.717, 1.165) is 0 Å². The molecule has 0 fully saturated rings. The first kappa shape index (κ1) is 10.7. The Labute approximate surface area is 87.4 Å². The molecule has 14 heavy (non-hydrogen) atoms. The summed E-state index contributed by atoms with van der Waals surface area (Å²) in [5.74, 6) is 0.363. The molecule has 0 aliphatic carbocycles. The summed E-state index contributed by atoms with van der Waals surface area (Å²) in [5, 5.41) is 0.509. The van der Waals surface area contributed by atoms with Crippen molar-refractivity contribution < 1.29 is 9.53 Å². The standard InChI is InChI=1S/C10H10ClNO2/c1-7(13)3-4-8-9(11)5-6-12-10(8)14-2/h3-6H,1-2H3/b4-3+. The lowest BCUT2D eigenvalue weighted by Crippen LogP contribution is -1.91. The molecule has 0 saturated carbocycles. The Balaban J connectivity index is 3.11. The number of rotatable bonds is 3. The van der Waals surface area contributed by atoms with Crippen LogP contribution in [0.5, 0.6) is 5.88 Å². The van der Waals surface area contributed by atoms with Crippen molar-refractivity contribution in [3.8, 4) is 5.88 Å². The zero-order valence-electron chi connectivity index (χ0n) is 7.95. The van der Waals surface area contributed by atoms with Crippen LogP contribution in [-0.2, 0) is 4.79 Å². The molecule has 0 spiro atoms. The van der Waals surface area contributed by atoms with Gasteiger partial charge in [-0.15, -0.1) is 0 Å². The van der Waals surface area contributed by atoms with E-state index in [4.69, 9.17) is 16.3 Å². The number of nitrogens with zero attached hydrogens (tertiary/aromatic N) is 1. The Morgan fingerprint density at radius 2 is 2.36 bits per heavy atom. The number of allylic oxidation sites excluding steroid dienone is 1. The molecule has 0 saturated heterocycles. The zero-order chi connectivity index (χ0) is 10.6. The number of carbonyl (C=O) groups excluding carboxylic acids is 1. The number of halogens is 1. The van der Waals surface area contributed by atoms with E-state index in [2.05, 4.69) is 4.98 Å². The number of carbonyl (C=O) groups is 1. The number of hydrogen-bond acceptors (Lipinski definition) is 3. The highest BCUT2D eigenvalue weighted by Gasteiger charge is 2.05. The van der Waals surface area contributed by atoms with Gasteiger partial charge >= 0.3 is 0 Å². The van der Waals surface area contributed by atoms with Crippen molar-refractivity contribution in [2.24, 2.45) is 0 Å². The highest BCUT2D eigenvalue weighted by atomic mass is 35.5. The van der Waals surface area contributed by atoms with E-state index >= 15 is 0 Å². The van der Waals surface area contributed by atoms with E-state index in [1.165, 1.54) is 20.1 Å². The fourth-order valence-electron chi connectivity index (χ4n) is 0.946. The molecule has 0 unspecified atom stereocenters. The quantitative estimate of drug-likeness (QED) is 0.721. The molecule has 0 radical (unpaired) electrons. The first-order chi connectivity index (χ1) is 6.65. The molecule has 0 aromatic carbocycles. The summed E-state index contributed by atoms with van der Waals surface area (Å²) < 4.78 is 5.00. The highest BCUT2D eigenvalue weighted by Crippen LogP contribution is 2.24. The maximum atomic E-state index is 10.7. The van der Waals surface area contributed by atoms with Gasteiger partial charge in [0.1, 0.15) is 0 Å².